The maximum atomic E-state index is 16.4. The summed E-state index contributed by atoms with van der Waals surface area (Å²) in [5.41, 5.74) is 1.65. The number of hydrogen-bond donors (Lipinski definition) is 3. The number of amides is 4. The number of benzene rings is 1. The van der Waals surface area contributed by atoms with Crippen molar-refractivity contribution >= 4 is 62.6 Å². The minimum absolute atomic E-state index is 0.00320. The number of rotatable bonds is 13. The first-order valence-corrected chi connectivity index (χ1v) is 25.2. The molecule has 3 N–H and O–H groups in total. The number of piperidine rings is 4. The first kappa shape index (κ1) is 46.9. The van der Waals surface area contributed by atoms with E-state index in [2.05, 4.69) is 30.2 Å². The lowest BCUT2D eigenvalue weighted by molar-refractivity contribution is -0.143. The number of carbonyl (C=O) groups excluding carboxylic acids is 4. The molecule has 7 heterocycles. The summed E-state index contributed by atoms with van der Waals surface area (Å²) in [5, 5.41) is 6.41. The van der Waals surface area contributed by atoms with Gasteiger partial charge in [0, 0.05) is 101 Å². The quantitative estimate of drug-likeness (QED) is 0.140. The second kappa shape index (κ2) is 20.1. The van der Waals surface area contributed by atoms with E-state index in [1.807, 2.05) is 35.8 Å². The van der Waals surface area contributed by atoms with Crippen molar-refractivity contribution in [2.45, 2.75) is 90.0 Å². The number of halogens is 1. The van der Waals surface area contributed by atoms with E-state index in [9.17, 15) is 27.6 Å². The molecule has 1 atom stereocenters. The van der Waals surface area contributed by atoms with Crippen LogP contribution in [-0.2, 0) is 29.4 Å². The van der Waals surface area contributed by atoms with Crippen LogP contribution in [-0.4, -0.2) is 125 Å². The van der Waals surface area contributed by atoms with Crippen LogP contribution in [0.15, 0.2) is 48.8 Å². The number of aromatic nitrogens is 4. The molecule has 4 fully saturated rings. The fourth-order valence-corrected chi connectivity index (χ4v) is 11.4. The van der Waals surface area contributed by atoms with Gasteiger partial charge in [-0.15, -0.1) is 11.3 Å². The molecule has 0 saturated carbocycles. The fourth-order valence-electron chi connectivity index (χ4n) is 9.23. The minimum Gasteiger partial charge on any atom is -0.357 e. The molecule has 0 aliphatic carbocycles. The van der Waals surface area contributed by atoms with E-state index < -0.39 is 16.0 Å². The van der Waals surface area contributed by atoms with Crippen molar-refractivity contribution in [3.63, 3.8) is 0 Å². The summed E-state index contributed by atoms with van der Waals surface area (Å²) >= 11 is 1.42. The number of thiazole rings is 1. The average Bonchev–Trinajstić information content (AvgIpc) is 3.77. The van der Waals surface area contributed by atoms with Crippen molar-refractivity contribution in [1.29, 1.82) is 0 Å². The standard InChI is InChI=1S/C46H58FN11O6S2/c1-5-55(4)66(63,64)54-35-8-6-7-34(39(35)47)40-41(36-13-20-48-46(51-36)50-28(2)3)65-43(53-40)29-14-23-57(24-15-29)45(62)31-18-25-58(26-19-31)44(61)30-16-21-56(22-17-30)37-11-9-32(27-49-37)33-10-12-38(59)52-42(33)60/h6-9,11,13,20,27-31,33,54H,5,10,12,14-19,21-26H2,1-4H3,(H,48,50,51)(H,52,59,60). The highest BCUT2D eigenvalue weighted by atomic mass is 32.2. The van der Waals surface area contributed by atoms with Crippen molar-refractivity contribution in [2.24, 2.45) is 11.8 Å². The summed E-state index contributed by atoms with van der Waals surface area (Å²) in [6, 6.07) is 10.2. The molecular weight excluding hydrogens is 886 g/mol. The van der Waals surface area contributed by atoms with Crippen molar-refractivity contribution in [1.82, 2.24) is 39.4 Å². The molecule has 66 heavy (non-hydrogen) atoms. The SMILES string of the molecule is CCN(C)S(=O)(=O)Nc1cccc(-c2nc(C3CCN(C(=O)C4CCN(C(=O)C5CCN(c6ccc(C7CCC(=O)NC7=O)cn6)CC5)CC4)CC3)sc2-c2ccnc(NC(C)C)n2)c1F. The van der Waals surface area contributed by atoms with Crippen LogP contribution in [0.4, 0.5) is 21.8 Å². The largest absolute Gasteiger partial charge is 0.357 e. The van der Waals surface area contributed by atoms with E-state index in [1.165, 1.54) is 24.5 Å². The number of carbonyl (C=O) groups is 4. The lowest BCUT2D eigenvalue weighted by Gasteiger charge is -2.39. The van der Waals surface area contributed by atoms with Crippen molar-refractivity contribution in [3.8, 4) is 21.8 Å². The Labute approximate surface area is 389 Å². The molecule has 352 valence electrons. The molecule has 3 aromatic heterocycles. The smallest absolute Gasteiger partial charge is 0.301 e. The summed E-state index contributed by atoms with van der Waals surface area (Å²) in [7, 11) is -2.58. The third-order valence-electron chi connectivity index (χ3n) is 13.2. The van der Waals surface area contributed by atoms with Gasteiger partial charge in [-0.05, 0) is 88.6 Å². The molecule has 4 amide bonds. The number of pyridine rings is 1. The monoisotopic (exact) mass is 943 g/mol. The number of likely N-dealkylation sites (tertiary alicyclic amines) is 2. The van der Waals surface area contributed by atoms with Crippen LogP contribution in [0.3, 0.4) is 0 Å². The highest BCUT2D eigenvalue weighted by Crippen LogP contribution is 2.43. The van der Waals surface area contributed by atoms with E-state index in [4.69, 9.17) is 9.97 Å². The van der Waals surface area contributed by atoms with Crippen LogP contribution in [0.5, 0.6) is 0 Å². The molecule has 8 rings (SSSR count). The highest BCUT2D eigenvalue weighted by Gasteiger charge is 2.37. The number of nitrogens with one attached hydrogen (secondary N) is 3. The van der Waals surface area contributed by atoms with E-state index in [1.54, 1.807) is 37.5 Å². The van der Waals surface area contributed by atoms with Crippen LogP contribution in [0.2, 0.25) is 0 Å². The predicted octanol–water partition coefficient (Wildman–Crippen LogP) is 5.61. The zero-order valence-corrected chi connectivity index (χ0v) is 39.5. The predicted molar refractivity (Wildman–Crippen MR) is 250 cm³/mol. The summed E-state index contributed by atoms with van der Waals surface area (Å²) in [5.74, 6) is -0.405. The van der Waals surface area contributed by atoms with Gasteiger partial charge < -0.3 is 20.0 Å². The van der Waals surface area contributed by atoms with Gasteiger partial charge in [0.05, 0.1) is 32.9 Å². The Hall–Kier alpha value is -5.60. The lowest BCUT2D eigenvalue weighted by Crippen LogP contribution is -2.48. The summed E-state index contributed by atoms with van der Waals surface area (Å²) < 4.78 is 45.6. The van der Waals surface area contributed by atoms with Gasteiger partial charge in [0.25, 0.3) is 0 Å². The highest BCUT2D eigenvalue weighted by molar-refractivity contribution is 7.90. The zero-order valence-electron chi connectivity index (χ0n) is 37.8. The molecular formula is C46H58FN11O6S2. The molecule has 1 aromatic carbocycles. The van der Waals surface area contributed by atoms with Gasteiger partial charge in [-0.1, -0.05) is 19.1 Å². The zero-order chi connectivity index (χ0) is 46.7. The Morgan fingerprint density at radius 2 is 1.56 bits per heavy atom. The van der Waals surface area contributed by atoms with E-state index in [-0.39, 0.29) is 71.1 Å². The first-order chi connectivity index (χ1) is 31.7. The third-order valence-corrected chi connectivity index (χ3v) is 16.0. The summed E-state index contributed by atoms with van der Waals surface area (Å²) in [4.78, 5) is 76.9. The number of nitrogens with zero attached hydrogens (tertiary/aromatic N) is 8. The normalized spacial score (nSPS) is 19.4. The second-order valence-electron chi connectivity index (χ2n) is 17.9. The molecule has 4 aliphatic rings. The first-order valence-electron chi connectivity index (χ1n) is 22.9. The fraction of sp³-hybridized carbons (Fsp3) is 0.522. The van der Waals surface area contributed by atoms with Gasteiger partial charge in [-0.25, -0.2) is 24.3 Å². The Kier molecular flexibility index (Phi) is 14.3. The van der Waals surface area contributed by atoms with Gasteiger partial charge in [0.2, 0.25) is 29.6 Å². The number of hydrogen-bond acceptors (Lipinski definition) is 13. The summed E-state index contributed by atoms with van der Waals surface area (Å²) in [6.45, 7) is 9.43. The molecule has 0 bridgehead atoms. The molecule has 1 unspecified atom stereocenters. The van der Waals surface area contributed by atoms with Crippen molar-refractivity contribution < 1.29 is 32.0 Å². The van der Waals surface area contributed by atoms with Gasteiger partial charge in [0.15, 0.2) is 5.82 Å². The van der Waals surface area contributed by atoms with Crippen LogP contribution < -0.4 is 20.3 Å². The molecule has 4 saturated heterocycles. The Bertz CT molecular complexity index is 2530. The Morgan fingerprint density at radius 3 is 2.18 bits per heavy atom. The molecule has 0 radical (unpaired) electrons. The van der Waals surface area contributed by atoms with E-state index in [0.29, 0.717) is 113 Å². The third kappa shape index (κ3) is 10.3. The topological polar surface area (TPSA) is 203 Å². The maximum absolute atomic E-state index is 16.4. The van der Waals surface area contributed by atoms with Crippen LogP contribution >= 0.6 is 11.3 Å². The number of anilines is 3. The summed E-state index contributed by atoms with van der Waals surface area (Å²) in [6.07, 6.45) is 8.14. The molecule has 4 aliphatic heterocycles. The van der Waals surface area contributed by atoms with E-state index >= 15 is 4.39 Å². The second-order valence-corrected chi connectivity index (χ2v) is 20.7. The average molecular weight is 944 g/mol. The molecule has 17 nitrogen and oxygen atoms in total. The molecule has 4 aromatic rings. The van der Waals surface area contributed by atoms with Crippen LogP contribution in [0.25, 0.3) is 21.8 Å². The van der Waals surface area contributed by atoms with Crippen molar-refractivity contribution in [2.75, 3.05) is 67.8 Å². The minimum atomic E-state index is -3.99. The number of imide groups is 1. The van der Waals surface area contributed by atoms with Gasteiger partial charge in [-0.3, -0.25) is 29.2 Å². The maximum Gasteiger partial charge on any atom is 0.301 e. The Morgan fingerprint density at radius 1 is 0.894 bits per heavy atom. The molecule has 20 heteroatoms. The Balaban J connectivity index is 0.867. The van der Waals surface area contributed by atoms with Gasteiger partial charge in [0.1, 0.15) is 5.82 Å². The molecule has 0 spiro atoms. The van der Waals surface area contributed by atoms with E-state index in [0.717, 1.165) is 20.7 Å². The lowest BCUT2D eigenvalue weighted by atomic mass is 9.90. The van der Waals surface area contributed by atoms with Crippen molar-refractivity contribution in [3.05, 3.63) is 65.2 Å². The van der Waals surface area contributed by atoms with Crippen LogP contribution in [0.1, 0.15) is 94.5 Å². The van der Waals surface area contributed by atoms with Crippen LogP contribution in [0, 0.1) is 17.7 Å². The van der Waals surface area contributed by atoms with Gasteiger partial charge >= 0.3 is 10.2 Å². The van der Waals surface area contributed by atoms with Gasteiger partial charge in [-0.2, -0.15) is 12.7 Å².